The van der Waals surface area contributed by atoms with E-state index in [-0.39, 0.29) is 10.9 Å². The fourth-order valence-corrected chi connectivity index (χ4v) is 1.17. The highest BCUT2D eigenvalue weighted by Crippen LogP contribution is 2.20. The Morgan fingerprint density at radius 1 is 1.27 bits per heavy atom. The molecule has 15 heavy (non-hydrogen) atoms. The number of fused-ring (bicyclic) bond motifs is 1. The van der Waals surface area contributed by atoms with E-state index in [1.165, 1.54) is 0 Å². The molecule has 2 heterocycles. The molecule has 0 saturated heterocycles. The smallest absolute Gasteiger partial charge is 0.305 e. The van der Waals surface area contributed by atoms with Crippen molar-refractivity contribution in [2.45, 2.75) is 6.43 Å². The number of aromatic nitrogens is 4. The van der Waals surface area contributed by atoms with E-state index >= 15 is 0 Å². The van der Waals surface area contributed by atoms with Crippen molar-refractivity contribution in [3.63, 3.8) is 0 Å². The van der Waals surface area contributed by atoms with Crippen molar-refractivity contribution in [1.82, 2.24) is 20.2 Å². The lowest BCUT2D eigenvalue weighted by Gasteiger charge is -2.01. The molecule has 0 bridgehead atoms. The number of hydrogen-bond donors (Lipinski definition) is 2. The van der Waals surface area contributed by atoms with Crippen LogP contribution in [0.15, 0.2) is 15.8 Å². The molecule has 6 nitrogen and oxygen atoms in total. The SMILES string of the molecule is O=c1[nH]c(=O)c2cnnc(C(F)[18F])c2[nH]1. The monoisotopic (exact) mass is 213 g/mol. The molecule has 0 aliphatic carbocycles. The maximum absolute atomic E-state index is 12.4. The fourth-order valence-electron chi connectivity index (χ4n) is 1.17. The standard InChI is InChI=1S/C7H4F2N4O2/c8-5(9)4-3-2(1-10-13-4)6(14)12-7(15)11-3/h1,5H,(H2,11,12,14,15)/i8-1. The number of hydrogen-bond acceptors (Lipinski definition) is 4. The van der Waals surface area contributed by atoms with Crippen LogP contribution in [-0.4, -0.2) is 20.2 Å². The molecule has 2 aromatic heterocycles. The zero-order valence-corrected chi connectivity index (χ0v) is 7.12. The summed E-state index contributed by atoms with van der Waals surface area (Å²) < 4.78 is 24.8. The highest BCUT2D eigenvalue weighted by molar-refractivity contribution is 5.78. The summed E-state index contributed by atoms with van der Waals surface area (Å²) in [5.41, 5.74) is -2.63. The average molecular weight is 213 g/mol. The molecule has 2 aromatic rings. The summed E-state index contributed by atoms with van der Waals surface area (Å²) in [6, 6.07) is 0. The Balaban J connectivity index is 2.98. The van der Waals surface area contributed by atoms with Crippen LogP contribution in [0.2, 0.25) is 0 Å². The number of nitrogens with zero attached hydrogens (tertiary/aromatic N) is 2. The summed E-state index contributed by atoms with van der Waals surface area (Å²) in [6.07, 6.45) is -1.89. The molecular weight excluding hydrogens is 209 g/mol. The fraction of sp³-hybridized carbons (Fsp3) is 0.143. The van der Waals surface area contributed by atoms with Crippen molar-refractivity contribution in [2.75, 3.05) is 0 Å². The van der Waals surface area contributed by atoms with Crippen LogP contribution < -0.4 is 11.2 Å². The number of rotatable bonds is 1. The van der Waals surface area contributed by atoms with Gasteiger partial charge in [0.25, 0.3) is 12.0 Å². The van der Waals surface area contributed by atoms with Gasteiger partial charge in [-0.15, -0.1) is 5.10 Å². The van der Waals surface area contributed by atoms with Crippen molar-refractivity contribution < 1.29 is 8.78 Å². The third-order valence-corrected chi connectivity index (χ3v) is 1.79. The quantitative estimate of drug-likeness (QED) is 0.694. The van der Waals surface area contributed by atoms with Gasteiger partial charge >= 0.3 is 5.69 Å². The molecule has 8 heteroatoms. The Morgan fingerprint density at radius 3 is 2.67 bits per heavy atom. The first-order chi connectivity index (χ1) is 7.09. The van der Waals surface area contributed by atoms with Gasteiger partial charge in [0.05, 0.1) is 17.1 Å². The molecule has 0 spiro atoms. The molecule has 0 radical (unpaired) electrons. The van der Waals surface area contributed by atoms with Gasteiger partial charge in [-0.05, 0) is 0 Å². The normalized spacial score (nSPS) is 12.9. The number of aromatic amines is 2. The van der Waals surface area contributed by atoms with Crippen LogP contribution in [0.25, 0.3) is 10.9 Å². The molecule has 1 unspecified atom stereocenters. The van der Waals surface area contributed by atoms with Crippen LogP contribution in [0, 0.1) is 0 Å². The van der Waals surface area contributed by atoms with Crippen molar-refractivity contribution >= 4 is 10.9 Å². The summed E-state index contributed by atoms with van der Waals surface area (Å²) in [5.74, 6) is 0. The second-order valence-electron chi connectivity index (χ2n) is 2.73. The van der Waals surface area contributed by atoms with Crippen molar-refractivity contribution in [1.29, 1.82) is 0 Å². The van der Waals surface area contributed by atoms with Crippen molar-refractivity contribution in [2.24, 2.45) is 0 Å². The van der Waals surface area contributed by atoms with Gasteiger partial charge in [-0.2, -0.15) is 5.10 Å². The van der Waals surface area contributed by atoms with Gasteiger partial charge in [0.2, 0.25) is 0 Å². The summed E-state index contributed by atoms with van der Waals surface area (Å²) in [5, 5.41) is 6.29. The molecule has 2 N–H and O–H groups in total. The van der Waals surface area contributed by atoms with E-state index in [0.29, 0.717) is 0 Å². The molecule has 0 fully saturated rings. The lowest BCUT2D eigenvalue weighted by atomic mass is 10.3. The Labute approximate surface area is 80.0 Å². The maximum Gasteiger partial charge on any atom is 0.326 e. The van der Waals surface area contributed by atoms with Gasteiger partial charge in [-0.25, -0.2) is 13.6 Å². The van der Waals surface area contributed by atoms with E-state index in [1.54, 1.807) is 0 Å². The molecule has 0 aliphatic rings. The second-order valence-corrected chi connectivity index (χ2v) is 2.73. The third-order valence-electron chi connectivity index (χ3n) is 1.79. The zero-order valence-electron chi connectivity index (χ0n) is 7.12. The summed E-state index contributed by atoms with van der Waals surface area (Å²) in [4.78, 5) is 26.0. The molecule has 0 aromatic carbocycles. The highest BCUT2D eigenvalue weighted by Gasteiger charge is 2.16. The zero-order chi connectivity index (χ0) is 11.0. The van der Waals surface area contributed by atoms with E-state index < -0.39 is 23.4 Å². The minimum Gasteiger partial charge on any atom is -0.305 e. The Hall–Kier alpha value is -2.12. The Bertz CT molecular complexity index is 618. The van der Waals surface area contributed by atoms with Crippen molar-refractivity contribution in [3.8, 4) is 0 Å². The van der Waals surface area contributed by atoms with Crippen LogP contribution >= 0.6 is 0 Å². The van der Waals surface area contributed by atoms with Crippen molar-refractivity contribution in [3.05, 3.63) is 32.7 Å². The third kappa shape index (κ3) is 1.49. The van der Waals surface area contributed by atoms with E-state index in [9.17, 15) is 18.4 Å². The van der Waals surface area contributed by atoms with E-state index in [0.717, 1.165) is 6.20 Å². The minimum absolute atomic E-state index is 0.125. The van der Waals surface area contributed by atoms with Gasteiger partial charge < -0.3 is 4.98 Å². The lowest BCUT2D eigenvalue weighted by molar-refractivity contribution is 0.146. The van der Waals surface area contributed by atoms with Gasteiger partial charge in [0, 0.05) is 0 Å². The largest absolute Gasteiger partial charge is 0.326 e. The van der Waals surface area contributed by atoms with Gasteiger partial charge in [-0.3, -0.25) is 9.78 Å². The van der Waals surface area contributed by atoms with Gasteiger partial charge in [0.15, 0.2) is 5.69 Å². The van der Waals surface area contributed by atoms with Crippen LogP contribution in [-0.2, 0) is 0 Å². The lowest BCUT2D eigenvalue weighted by Crippen LogP contribution is -2.23. The topological polar surface area (TPSA) is 91.5 Å². The van der Waals surface area contributed by atoms with E-state index in [4.69, 9.17) is 0 Å². The first-order valence-electron chi connectivity index (χ1n) is 3.85. The number of H-pyrrole nitrogens is 2. The summed E-state index contributed by atoms with van der Waals surface area (Å²) >= 11 is 0. The number of nitrogens with one attached hydrogen (secondary N) is 2. The molecule has 1 atom stereocenters. The minimum atomic E-state index is -2.90. The molecule has 0 amide bonds. The van der Waals surface area contributed by atoms with Crippen LogP contribution in [0.5, 0.6) is 0 Å². The maximum atomic E-state index is 12.4. The Morgan fingerprint density at radius 2 is 2.00 bits per heavy atom. The van der Waals surface area contributed by atoms with Crippen LogP contribution in [0.4, 0.5) is 8.78 Å². The molecule has 0 saturated carbocycles. The summed E-state index contributed by atoms with van der Waals surface area (Å²) in [6.45, 7) is 0. The van der Waals surface area contributed by atoms with Crippen LogP contribution in [0.3, 0.4) is 0 Å². The molecular formula is C7H4F2N4O2. The first-order valence-corrected chi connectivity index (χ1v) is 3.85. The van der Waals surface area contributed by atoms with Crippen LogP contribution in [0.1, 0.15) is 12.1 Å². The predicted octanol–water partition coefficient (Wildman–Crippen LogP) is -0.0560. The summed E-state index contributed by atoms with van der Waals surface area (Å²) in [7, 11) is 0. The van der Waals surface area contributed by atoms with Gasteiger partial charge in [0.1, 0.15) is 0 Å². The number of alkyl halides is 2. The predicted molar refractivity (Wildman–Crippen MR) is 45.7 cm³/mol. The molecule has 2 rings (SSSR count). The number of halogens is 2. The van der Waals surface area contributed by atoms with E-state index in [1.807, 2.05) is 4.98 Å². The van der Waals surface area contributed by atoms with Gasteiger partial charge in [-0.1, -0.05) is 0 Å². The highest BCUT2D eigenvalue weighted by atomic mass is 19.2. The molecule has 0 aliphatic heterocycles. The Kier molecular flexibility index (Phi) is 2.03. The second kappa shape index (κ2) is 3.23. The average Bonchev–Trinajstić information content (AvgIpc) is 2.16. The molecule has 78 valence electrons. The van der Waals surface area contributed by atoms with E-state index in [2.05, 4.69) is 15.2 Å². The first kappa shape index (κ1) is 9.44.